The molecule has 0 saturated carbocycles. The second-order valence-electron chi connectivity index (χ2n) is 3.25. The van der Waals surface area contributed by atoms with Gasteiger partial charge < -0.3 is 10.1 Å². The van der Waals surface area contributed by atoms with Crippen LogP contribution >= 0.6 is 23.1 Å². The van der Waals surface area contributed by atoms with E-state index in [1.54, 1.807) is 13.3 Å². The van der Waals surface area contributed by atoms with Crippen LogP contribution < -0.4 is 5.32 Å². The molecule has 0 bridgehead atoms. The highest BCUT2D eigenvalue weighted by Crippen LogP contribution is 2.30. The van der Waals surface area contributed by atoms with E-state index in [0.717, 1.165) is 9.47 Å². The van der Waals surface area contributed by atoms with Gasteiger partial charge in [0.05, 0.1) is 19.0 Å². The zero-order valence-corrected chi connectivity index (χ0v) is 11.7. The van der Waals surface area contributed by atoms with Crippen LogP contribution in [0, 0.1) is 11.3 Å². The van der Waals surface area contributed by atoms with Crippen molar-refractivity contribution in [2.75, 3.05) is 25.6 Å². The van der Waals surface area contributed by atoms with Crippen LogP contribution in [0.4, 0.5) is 5.13 Å². The molecule has 0 unspecified atom stereocenters. The lowest BCUT2D eigenvalue weighted by atomic mass is 10.5. The van der Waals surface area contributed by atoms with Crippen molar-refractivity contribution < 1.29 is 4.74 Å². The molecule has 2 heterocycles. The molecule has 0 aliphatic carbocycles. The minimum absolute atomic E-state index is 0.295. The van der Waals surface area contributed by atoms with Crippen molar-refractivity contribution in [3.8, 4) is 6.07 Å². The highest BCUT2D eigenvalue weighted by atomic mass is 32.2. The summed E-state index contributed by atoms with van der Waals surface area (Å²) in [6.07, 6.45) is 2.98. The van der Waals surface area contributed by atoms with E-state index in [4.69, 9.17) is 10.00 Å². The van der Waals surface area contributed by atoms with Gasteiger partial charge in [-0.15, -0.1) is 10.2 Å². The first-order valence-electron chi connectivity index (χ1n) is 5.28. The molecule has 0 saturated heterocycles. The lowest BCUT2D eigenvalue weighted by molar-refractivity contribution is 0.211. The third-order valence-electron chi connectivity index (χ3n) is 1.92. The van der Waals surface area contributed by atoms with Gasteiger partial charge in [0, 0.05) is 13.7 Å². The molecule has 1 N–H and O–H groups in total. The maximum Gasteiger partial charge on any atom is 0.206 e. The van der Waals surface area contributed by atoms with Crippen LogP contribution in [0.15, 0.2) is 21.8 Å². The molecule has 0 spiro atoms. The molecule has 0 aliphatic rings. The van der Waals surface area contributed by atoms with Gasteiger partial charge in [0.2, 0.25) is 5.13 Å². The molecule has 0 aliphatic heterocycles. The molecule has 19 heavy (non-hydrogen) atoms. The van der Waals surface area contributed by atoms with E-state index in [0.29, 0.717) is 23.9 Å². The van der Waals surface area contributed by atoms with Crippen molar-refractivity contribution in [2.24, 2.45) is 0 Å². The van der Waals surface area contributed by atoms with E-state index in [1.807, 2.05) is 6.07 Å². The first-order chi connectivity index (χ1) is 9.31. The standard InChI is InChI=1S/C10H10N6OS2/c1-17-3-2-12-9-15-16-10(19-9)18-8-6-13-7(4-11)5-14-8/h5-6H,2-3H2,1H3,(H,12,15). The van der Waals surface area contributed by atoms with Gasteiger partial charge in [0.25, 0.3) is 0 Å². The van der Waals surface area contributed by atoms with E-state index in [9.17, 15) is 0 Å². The minimum atomic E-state index is 0.295. The second kappa shape index (κ2) is 6.98. The Hall–Kier alpha value is -1.76. The topological polar surface area (TPSA) is 96.6 Å². The van der Waals surface area contributed by atoms with Crippen LogP contribution in [0.3, 0.4) is 0 Å². The van der Waals surface area contributed by atoms with Gasteiger partial charge in [0.15, 0.2) is 10.0 Å². The predicted octanol–water partition coefficient (Wildman–Crippen LogP) is 1.41. The van der Waals surface area contributed by atoms with Gasteiger partial charge >= 0.3 is 0 Å². The van der Waals surface area contributed by atoms with Crippen LogP contribution in [0.25, 0.3) is 0 Å². The minimum Gasteiger partial charge on any atom is -0.383 e. The molecule has 7 nitrogen and oxygen atoms in total. The van der Waals surface area contributed by atoms with E-state index in [1.165, 1.54) is 29.3 Å². The Morgan fingerprint density at radius 2 is 2.32 bits per heavy atom. The number of aromatic nitrogens is 4. The van der Waals surface area contributed by atoms with Crippen molar-refractivity contribution in [1.29, 1.82) is 5.26 Å². The third-order valence-corrected chi connectivity index (χ3v) is 3.78. The summed E-state index contributed by atoms with van der Waals surface area (Å²) in [5.74, 6) is 0. The molecule has 98 valence electrons. The zero-order valence-electron chi connectivity index (χ0n) is 10.0. The van der Waals surface area contributed by atoms with Crippen molar-refractivity contribution in [3.63, 3.8) is 0 Å². The highest BCUT2D eigenvalue weighted by molar-refractivity contribution is 8.01. The summed E-state index contributed by atoms with van der Waals surface area (Å²) in [4.78, 5) is 8.05. The fourth-order valence-electron chi connectivity index (χ4n) is 1.10. The Labute approximate surface area is 118 Å². The van der Waals surface area contributed by atoms with Crippen LogP contribution in [0.1, 0.15) is 5.69 Å². The molecule has 2 aromatic rings. The molecular weight excluding hydrogens is 284 g/mol. The Morgan fingerprint density at radius 3 is 3.00 bits per heavy atom. The van der Waals surface area contributed by atoms with Gasteiger partial charge in [-0.05, 0) is 11.8 Å². The number of ether oxygens (including phenoxy) is 1. The Morgan fingerprint density at radius 1 is 1.42 bits per heavy atom. The van der Waals surface area contributed by atoms with Crippen molar-refractivity contribution >= 4 is 28.2 Å². The van der Waals surface area contributed by atoms with E-state index in [-0.39, 0.29) is 0 Å². The van der Waals surface area contributed by atoms with E-state index < -0.39 is 0 Å². The Balaban J connectivity index is 1.93. The van der Waals surface area contributed by atoms with Crippen LogP contribution in [-0.2, 0) is 4.74 Å². The molecule has 0 fully saturated rings. The van der Waals surface area contributed by atoms with Gasteiger partial charge in [-0.2, -0.15) is 5.26 Å². The first-order valence-corrected chi connectivity index (χ1v) is 6.91. The van der Waals surface area contributed by atoms with Crippen molar-refractivity contribution in [2.45, 2.75) is 9.37 Å². The number of rotatable bonds is 6. The van der Waals surface area contributed by atoms with Crippen molar-refractivity contribution in [3.05, 3.63) is 18.1 Å². The number of nitriles is 1. The van der Waals surface area contributed by atoms with Crippen LogP contribution in [0.5, 0.6) is 0 Å². The molecule has 2 rings (SSSR count). The lowest BCUT2D eigenvalue weighted by Crippen LogP contribution is -2.06. The maximum atomic E-state index is 8.63. The third kappa shape index (κ3) is 4.13. The SMILES string of the molecule is COCCNc1nnc(Sc2cnc(C#N)cn2)s1. The highest BCUT2D eigenvalue weighted by Gasteiger charge is 2.07. The zero-order chi connectivity index (χ0) is 13.5. The normalized spacial score (nSPS) is 10.1. The summed E-state index contributed by atoms with van der Waals surface area (Å²) in [5, 5.41) is 21.2. The van der Waals surface area contributed by atoms with Gasteiger partial charge in [-0.3, -0.25) is 0 Å². The quantitative estimate of drug-likeness (QED) is 0.799. The fraction of sp³-hybridized carbons (Fsp3) is 0.300. The number of hydrogen-bond acceptors (Lipinski definition) is 9. The molecule has 0 aromatic carbocycles. The van der Waals surface area contributed by atoms with E-state index in [2.05, 4.69) is 25.5 Å². The van der Waals surface area contributed by atoms with Gasteiger partial charge in [0.1, 0.15) is 11.1 Å². The number of nitrogens with zero attached hydrogens (tertiary/aromatic N) is 5. The summed E-state index contributed by atoms with van der Waals surface area (Å²) in [6, 6.07) is 1.92. The Kier molecular flexibility index (Phi) is 5.02. The van der Waals surface area contributed by atoms with Crippen molar-refractivity contribution in [1.82, 2.24) is 20.2 Å². The molecular formula is C10H10N6OS2. The summed E-state index contributed by atoms with van der Waals surface area (Å²) in [6.45, 7) is 1.30. The number of methoxy groups -OCH3 is 1. The molecule has 9 heteroatoms. The monoisotopic (exact) mass is 294 g/mol. The summed E-state index contributed by atoms with van der Waals surface area (Å²) < 4.78 is 5.69. The molecule has 0 radical (unpaired) electrons. The number of anilines is 1. The number of hydrogen-bond donors (Lipinski definition) is 1. The number of nitrogens with one attached hydrogen (secondary N) is 1. The molecule has 2 aromatic heterocycles. The average molecular weight is 294 g/mol. The van der Waals surface area contributed by atoms with Crippen LogP contribution in [0.2, 0.25) is 0 Å². The van der Waals surface area contributed by atoms with Crippen LogP contribution in [-0.4, -0.2) is 40.4 Å². The van der Waals surface area contributed by atoms with E-state index >= 15 is 0 Å². The lowest BCUT2D eigenvalue weighted by Gasteiger charge is -1.98. The molecule has 0 atom stereocenters. The fourth-order valence-corrected chi connectivity index (χ4v) is 2.73. The van der Waals surface area contributed by atoms with Gasteiger partial charge in [-0.1, -0.05) is 11.3 Å². The summed E-state index contributed by atoms with van der Waals surface area (Å²) in [7, 11) is 1.65. The summed E-state index contributed by atoms with van der Waals surface area (Å²) >= 11 is 2.79. The Bertz CT molecular complexity index is 564. The maximum absolute atomic E-state index is 8.63. The predicted molar refractivity (Wildman–Crippen MR) is 71.1 cm³/mol. The first kappa shape index (κ1) is 13.7. The second-order valence-corrected chi connectivity index (χ2v) is 5.49. The average Bonchev–Trinajstić information content (AvgIpc) is 2.88. The summed E-state index contributed by atoms with van der Waals surface area (Å²) in [5.41, 5.74) is 0.295. The smallest absolute Gasteiger partial charge is 0.206 e. The van der Waals surface area contributed by atoms with Gasteiger partial charge in [-0.25, -0.2) is 9.97 Å². The molecule has 0 amide bonds. The largest absolute Gasteiger partial charge is 0.383 e.